The monoisotopic (exact) mass is 400 g/mol. The van der Waals surface area contributed by atoms with Crippen LogP contribution in [0.4, 0.5) is 0 Å². The van der Waals surface area contributed by atoms with Crippen LogP contribution in [-0.4, -0.2) is 51.1 Å². The summed E-state index contributed by atoms with van der Waals surface area (Å²) in [6.45, 7) is 6.33. The summed E-state index contributed by atoms with van der Waals surface area (Å²) in [6.07, 6.45) is 3.33. The first-order chi connectivity index (χ1) is 13.5. The minimum Gasteiger partial charge on any atom is -0.353 e. The lowest BCUT2D eigenvalue weighted by atomic mass is 9.92. The Labute approximate surface area is 170 Å². The lowest BCUT2D eigenvalue weighted by Gasteiger charge is -2.35. The van der Waals surface area contributed by atoms with Crippen molar-refractivity contribution < 1.29 is 9.59 Å². The molecule has 0 bridgehead atoms. The highest BCUT2D eigenvalue weighted by Gasteiger charge is 2.27. The van der Waals surface area contributed by atoms with E-state index in [0.717, 1.165) is 42.1 Å². The number of hydrogen-bond acceptors (Lipinski definition) is 4. The maximum absolute atomic E-state index is 13.0. The Balaban J connectivity index is 1.50. The second kappa shape index (κ2) is 8.15. The molecule has 7 heteroatoms. The smallest absolute Gasteiger partial charge is 0.242 e. The summed E-state index contributed by atoms with van der Waals surface area (Å²) < 4.78 is 1.97. The van der Waals surface area contributed by atoms with Crippen LogP contribution in [-0.2, 0) is 16.1 Å². The maximum atomic E-state index is 13.0. The van der Waals surface area contributed by atoms with Crippen LogP contribution >= 0.6 is 11.8 Å². The topological polar surface area (TPSA) is 67.2 Å². The van der Waals surface area contributed by atoms with E-state index in [-0.39, 0.29) is 18.4 Å². The first kappa shape index (κ1) is 19.3. The zero-order valence-corrected chi connectivity index (χ0v) is 17.4. The molecular weight excluding hydrogens is 372 g/mol. The summed E-state index contributed by atoms with van der Waals surface area (Å²) in [6, 6.07) is 8.21. The quantitative estimate of drug-likeness (QED) is 0.757. The Bertz CT molecular complexity index is 866. The molecule has 0 radical (unpaired) electrons. The number of rotatable bonds is 6. The molecule has 0 unspecified atom stereocenters. The van der Waals surface area contributed by atoms with Gasteiger partial charge in [-0.05, 0) is 43.2 Å². The number of carbonyl (C=O) groups is 2. The van der Waals surface area contributed by atoms with Crippen LogP contribution in [0, 0.1) is 11.8 Å². The van der Waals surface area contributed by atoms with E-state index in [4.69, 9.17) is 0 Å². The number of para-hydroxylation sites is 2. The molecule has 28 heavy (non-hydrogen) atoms. The average Bonchev–Trinajstić information content (AvgIpc) is 3.40. The highest BCUT2D eigenvalue weighted by molar-refractivity contribution is 7.99. The minimum absolute atomic E-state index is 0.0381. The van der Waals surface area contributed by atoms with Gasteiger partial charge in [-0.3, -0.25) is 9.59 Å². The number of likely N-dealkylation sites (tertiary alicyclic amines) is 1. The predicted octanol–water partition coefficient (Wildman–Crippen LogP) is 2.91. The van der Waals surface area contributed by atoms with Crippen LogP contribution < -0.4 is 5.32 Å². The summed E-state index contributed by atoms with van der Waals surface area (Å²) in [4.78, 5) is 31.8. The first-order valence-corrected chi connectivity index (χ1v) is 11.1. The summed E-state index contributed by atoms with van der Waals surface area (Å²) in [5.74, 6) is 1.56. The van der Waals surface area contributed by atoms with E-state index in [1.54, 1.807) is 0 Å². The molecule has 1 saturated carbocycles. The molecule has 1 saturated heterocycles. The Morgan fingerprint density at radius 2 is 1.89 bits per heavy atom. The number of nitrogens with one attached hydrogen (secondary N) is 1. The number of nitrogens with zero attached hydrogens (tertiary/aromatic N) is 3. The molecule has 4 rings (SSSR count). The molecule has 1 aromatic carbocycles. The number of amides is 2. The Morgan fingerprint density at radius 1 is 1.18 bits per heavy atom. The second-order valence-electron chi connectivity index (χ2n) is 8.34. The lowest BCUT2D eigenvalue weighted by Crippen LogP contribution is -2.44. The van der Waals surface area contributed by atoms with Gasteiger partial charge in [-0.2, -0.15) is 0 Å². The van der Waals surface area contributed by atoms with Crippen LogP contribution in [0.25, 0.3) is 11.0 Å². The standard InChI is InChI=1S/C21H28N4O2S/c1-14-9-15(2)11-24(10-14)20(27)12-25-18-6-4-3-5-17(18)23-21(25)28-13-19(26)22-16-7-8-16/h3-6,14-16H,7-13H2,1-2H3,(H,22,26)/t14-,15-/m0/s1. The molecule has 2 aliphatic rings. The molecule has 2 atom stereocenters. The zero-order chi connectivity index (χ0) is 19.7. The van der Waals surface area contributed by atoms with Gasteiger partial charge in [-0.15, -0.1) is 0 Å². The molecule has 2 aromatic rings. The van der Waals surface area contributed by atoms with Gasteiger partial charge >= 0.3 is 0 Å². The number of carbonyl (C=O) groups excluding carboxylic acids is 2. The van der Waals surface area contributed by atoms with Crippen LogP contribution in [0.1, 0.15) is 33.1 Å². The van der Waals surface area contributed by atoms with Gasteiger partial charge in [0.2, 0.25) is 11.8 Å². The van der Waals surface area contributed by atoms with Crippen molar-refractivity contribution in [3.05, 3.63) is 24.3 Å². The third-order valence-electron chi connectivity index (χ3n) is 5.41. The number of fused-ring (bicyclic) bond motifs is 1. The SMILES string of the molecule is C[C@H]1C[C@H](C)CN(C(=O)Cn2c(SCC(=O)NC3CC3)nc3ccccc32)C1. The molecular formula is C21H28N4O2S. The van der Waals surface area contributed by atoms with Crippen molar-refractivity contribution in [2.24, 2.45) is 11.8 Å². The van der Waals surface area contributed by atoms with Crippen LogP contribution in [0.15, 0.2) is 29.4 Å². The average molecular weight is 401 g/mol. The minimum atomic E-state index is 0.0381. The number of hydrogen-bond donors (Lipinski definition) is 1. The van der Waals surface area contributed by atoms with E-state index >= 15 is 0 Å². The molecule has 1 N–H and O–H groups in total. The number of aromatic nitrogens is 2. The van der Waals surface area contributed by atoms with Crippen molar-refractivity contribution in [2.45, 2.75) is 50.9 Å². The second-order valence-corrected chi connectivity index (χ2v) is 9.29. The molecule has 0 spiro atoms. The van der Waals surface area contributed by atoms with Gasteiger partial charge in [0, 0.05) is 19.1 Å². The molecule has 2 amide bonds. The normalized spacial score (nSPS) is 22.4. The fourth-order valence-electron chi connectivity index (χ4n) is 4.05. The van der Waals surface area contributed by atoms with E-state index in [2.05, 4.69) is 24.1 Å². The Kier molecular flexibility index (Phi) is 5.62. The first-order valence-electron chi connectivity index (χ1n) is 10.1. The molecule has 1 aliphatic heterocycles. The van der Waals surface area contributed by atoms with E-state index in [1.165, 1.54) is 18.2 Å². The Hall–Kier alpha value is -2.02. The van der Waals surface area contributed by atoms with Gasteiger partial charge in [0.25, 0.3) is 0 Å². The lowest BCUT2D eigenvalue weighted by molar-refractivity contribution is -0.134. The molecule has 2 fully saturated rings. The Morgan fingerprint density at radius 3 is 2.61 bits per heavy atom. The largest absolute Gasteiger partial charge is 0.353 e. The van der Waals surface area contributed by atoms with Crippen LogP contribution in [0.5, 0.6) is 0 Å². The summed E-state index contributed by atoms with van der Waals surface area (Å²) in [7, 11) is 0. The molecule has 1 aromatic heterocycles. The third-order valence-corrected chi connectivity index (χ3v) is 6.39. The number of benzene rings is 1. The van der Waals surface area contributed by atoms with Crippen LogP contribution in [0.2, 0.25) is 0 Å². The van der Waals surface area contributed by atoms with Crippen molar-refractivity contribution in [3.8, 4) is 0 Å². The summed E-state index contributed by atoms with van der Waals surface area (Å²) in [5.41, 5.74) is 1.81. The van der Waals surface area contributed by atoms with Crippen molar-refractivity contribution in [1.29, 1.82) is 0 Å². The van der Waals surface area contributed by atoms with Crippen molar-refractivity contribution in [2.75, 3.05) is 18.8 Å². The van der Waals surface area contributed by atoms with Crippen LogP contribution in [0.3, 0.4) is 0 Å². The van der Waals surface area contributed by atoms with Gasteiger partial charge in [0.15, 0.2) is 5.16 Å². The molecule has 2 heterocycles. The van der Waals surface area contributed by atoms with E-state index in [0.29, 0.717) is 23.6 Å². The summed E-state index contributed by atoms with van der Waals surface area (Å²) in [5, 5.41) is 3.74. The maximum Gasteiger partial charge on any atom is 0.242 e. The molecule has 1 aliphatic carbocycles. The van der Waals surface area contributed by atoms with Gasteiger partial charge in [0.1, 0.15) is 6.54 Å². The zero-order valence-electron chi connectivity index (χ0n) is 16.6. The van der Waals surface area contributed by atoms with E-state index in [1.807, 2.05) is 33.7 Å². The number of thioether (sulfide) groups is 1. The van der Waals surface area contributed by atoms with Gasteiger partial charge in [-0.25, -0.2) is 4.98 Å². The van der Waals surface area contributed by atoms with Crippen molar-refractivity contribution in [1.82, 2.24) is 19.8 Å². The number of imidazole rings is 1. The molecule has 150 valence electrons. The van der Waals surface area contributed by atoms with Crippen molar-refractivity contribution in [3.63, 3.8) is 0 Å². The highest BCUT2D eigenvalue weighted by atomic mass is 32.2. The van der Waals surface area contributed by atoms with Crippen molar-refractivity contribution >= 4 is 34.6 Å². The van der Waals surface area contributed by atoms with E-state index < -0.39 is 0 Å². The predicted molar refractivity (Wildman–Crippen MR) is 111 cm³/mol. The number of piperidine rings is 1. The fraction of sp³-hybridized carbons (Fsp3) is 0.571. The third kappa shape index (κ3) is 4.51. The van der Waals surface area contributed by atoms with Gasteiger partial charge in [0.05, 0.1) is 16.8 Å². The molecule has 6 nitrogen and oxygen atoms in total. The summed E-state index contributed by atoms with van der Waals surface area (Å²) >= 11 is 1.41. The fourth-order valence-corrected chi connectivity index (χ4v) is 4.87. The highest BCUT2D eigenvalue weighted by Crippen LogP contribution is 2.26. The van der Waals surface area contributed by atoms with Gasteiger partial charge in [-0.1, -0.05) is 37.7 Å². The van der Waals surface area contributed by atoms with E-state index in [9.17, 15) is 9.59 Å². The van der Waals surface area contributed by atoms with Gasteiger partial charge < -0.3 is 14.8 Å².